The van der Waals surface area contributed by atoms with Crippen molar-refractivity contribution in [1.29, 1.82) is 0 Å². The number of rotatable bonds is 3. The van der Waals surface area contributed by atoms with Crippen LogP contribution >= 0.6 is 0 Å². The molecule has 0 rings (SSSR count). The summed E-state index contributed by atoms with van der Waals surface area (Å²) in [4.78, 5) is 0. The maximum Gasteiger partial charge on any atom is 0.283 e. The summed E-state index contributed by atoms with van der Waals surface area (Å²) in [7, 11) is 10.1. The summed E-state index contributed by atoms with van der Waals surface area (Å²) in [6.45, 7) is 7.22. The van der Waals surface area contributed by atoms with Gasteiger partial charge in [0.25, 0.3) is 16.1 Å². The Kier molecular flexibility index (Phi) is 2.99. The zero-order valence-corrected chi connectivity index (χ0v) is 6.97. The molecule has 0 spiro atoms. The molecule has 0 aliphatic heterocycles. The molecule has 0 aliphatic rings. The first kappa shape index (κ1) is 10.0. The lowest BCUT2D eigenvalue weighted by Gasteiger charge is -2.40. The van der Waals surface area contributed by atoms with Crippen LogP contribution in [0.4, 0.5) is 0 Å². The van der Waals surface area contributed by atoms with E-state index in [4.69, 9.17) is 16.1 Å². The van der Waals surface area contributed by atoms with Crippen molar-refractivity contribution in [2.75, 3.05) is 0 Å². The summed E-state index contributed by atoms with van der Waals surface area (Å²) in [6.07, 6.45) is 0. The standard InChI is InChI=1S/C6H12B2O2/c1-5(2,9-7)6(3,4)10-8/h1-4H3. The van der Waals surface area contributed by atoms with E-state index in [1.165, 1.54) is 0 Å². The minimum absolute atomic E-state index is 0.582. The van der Waals surface area contributed by atoms with E-state index in [1.54, 1.807) is 27.7 Å². The van der Waals surface area contributed by atoms with Crippen molar-refractivity contribution in [3.05, 3.63) is 0 Å². The van der Waals surface area contributed by atoms with Gasteiger partial charge in [-0.25, -0.2) is 0 Å². The molecule has 4 heteroatoms. The molecule has 0 amide bonds. The second kappa shape index (κ2) is 2.97. The predicted octanol–water partition coefficient (Wildman–Crippen LogP) is 0.744. The molecule has 2 nitrogen and oxygen atoms in total. The van der Waals surface area contributed by atoms with Gasteiger partial charge in [-0.1, -0.05) is 0 Å². The van der Waals surface area contributed by atoms with Gasteiger partial charge in [0, 0.05) is 0 Å². The Morgan fingerprint density at radius 3 is 1.10 bits per heavy atom. The van der Waals surface area contributed by atoms with Gasteiger partial charge in [-0.3, -0.25) is 0 Å². The summed E-state index contributed by atoms with van der Waals surface area (Å²) >= 11 is 0. The third-order valence-electron chi connectivity index (χ3n) is 2.04. The maximum absolute atomic E-state index is 5.03. The Balaban J connectivity index is 4.28. The van der Waals surface area contributed by atoms with Crippen LogP contribution in [0.15, 0.2) is 0 Å². The molecule has 0 heterocycles. The van der Waals surface area contributed by atoms with Gasteiger partial charge in [-0.2, -0.15) is 0 Å². The zero-order valence-electron chi connectivity index (χ0n) is 6.97. The van der Waals surface area contributed by atoms with Gasteiger partial charge in [0.2, 0.25) is 0 Å². The third kappa shape index (κ3) is 1.77. The van der Waals surface area contributed by atoms with Crippen LogP contribution in [-0.4, -0.2) is 27.3 Å². The molecule has 0 saturated heterocycles. The fourth-order valence-corrected chi connectivity index (χ4v) is 0.284. The molecular formula is C6H12B2O2. The van der Waals surface area contributed by atoms with Gasteiger partial charge < -0.3 is 9.31 Å². The first-order chi connectivity index (χ1) is 4.37. The normalized spacial score (nSPS) is 13.6. The van der Waals surface area contributed by atoms with Gasteiger partial charge in [-0.15, -0.1) is 0 Å². The smallest absolute Gasteiger partial charge is 0.283 e. The Morgan fingerprint density at radius 1 is 0.800 bits per heavy atom. The van der Waals surface area contributed by atoms with Crippen LogP contribution < -0.4 is 0 Å². The van der Waals surface area contributed by atoms with Gasteiger partial charge in [-0.05, 0) is 27.7 Å². The van der Waals surface area contributed by atoms with E-state index in [0.717, 1.165) is 0 Å². The van der Waals surface area contributed by atoms with E-state index < -0.39 is 11.2 Å². The molecule has 0 fully saturated rings. The zero-order chi connectivity index (χ0) is 8.41. The predicted molar refractivity (Wildman–Crippen MR) is 41.8 cm³/mol. The van der Waals surface area contributed by atoms with Crippen molar-refractivity contribution < 1.29 is 9.31 Å². The number of hydrogen-bond donors (Lipinski definition) is 0. The summed E-state index contributed by atoms with van der Waals surface area (Å²) in [5, 5.41) is 0. The highest BCUT2D eigenvalue weighted by molar-refractivity contribution is 5.99. The molecule has 0 unspecified atom stereocenters. The van der Waals surface area contributed by atoms with Gasteiger partial charge in [0.1, 0.15) is 0 Å². The Morgan fingerprint density at radius 2 is 1.00 bits per heavy atom. The van der Waals surface area contributed by atoms with E-state index >= 15 is 0 Å². The van der Waals surface area contributed by atoms with Crippen molar-refractivity contribution >= 4 is 16.1 Å². The van der Waals surface area contributed by atoms with Crippen LogP contribution in [0.25, 0.3) is 0 Å². The molecule has 0 aliphatic carbocycles. The van der Waals surface area contributed by atoms with E-state index in [2.05, 4.69) is 9.31 Å². The van der Waals surface area contributed by atoms with Crippen LogP contribution in [-0.2, 0) is 9.31 Å². The summed E-state index contributed by atoms with van der Waals surface area (Å²) < 4.78 is 9.38. The van der Waals surface area contributed by atoms with Crippen molar-refractivity contribution in [3.8, 4) is 0 Å². The summed E-state index contributed by atoms with van der Waals surface area (Å²) in [5.74, 6) is 0. The second-order valence-electron chi connectivity index (χ2n) is 3.26. The summed E-state index contributed by atoms with van der Waals surface area (Å²) in [5.41, 5.74) is -1.16. The average molecular weight is 138 g/mol. The molecule has 0 saturated carbocycles. The summed E-state index contributed by atoms with van der Waals surface area (Å²) in [6, 6.07) is 0. The molecule has 54 valence electrons. The highest BCUT2D eigenvalue weighted by atomic mass is 16.5. The quantitative estimate of drug-likeness (QED) is 0.535. The van der Waals surface area contributed by atoms with Crippen molar-refractivity contribution in [1.82, 2.24) is 0 Å². The number of hydrogen-bond acceptors (Lipinski definition) is 2. The highest BCUT2D eigenvalue weighted by Gasteiger charge is 2.35. The molecule has 10 heavy (non-hydrogen) atoms. The van der Waals surface area contributed by atoms with Crippen molar-refractivity contribution in [2.24, 2.45) is 0 Å². The van der Waals surface area contributed by atoms with Crippen LogP contribution in [0, 0.1) is 0 Å². The second-order valence-corrected chi connectivity index (χ2v) is 3.26. The fraction of sp³-hybridized carbons (Fsp3) is 1.00. The molecule has 0 atom stereocenters. The lowest BCUT2D eigenvalue weighted by molar-refractivity contribution is -0.0661. The van der Waals surface area contributed by atoms with E-state index in [-0.39, 0.29) is 0 Å². The molecule has 0 aromatic carbocycles. The van der Waals surface area contributed by atoms with Gasteiger partial charge in [0.15, 0.2) is 0 Å². The molecule has 0 aromatic heterocycles. The SMILES string of the molecule is [B]OC(C)(C)C(C)(C)O[B]. The first-order valence-electron chi connectivity index (χ1n) is 3.13. The van der Waals surface area contributed by atoms with Gasteiger partial charge >= 0.3 is 0 Å². The molecule has 4 radical (unpaired) electrons. The van der Waals surface area contributed by atoms with Crippen LogP contribution in [0.2, 0.25) is 0 Å². The largest absolute Gasteiger partial charge is 0.440 e. The van der Waals surface area contributed by atoms with Crippen molar-refractivity contribution in [2.45, 2.75) is 38.9 Å². The molecule has 0 bridgehead atoms. The topological polar surface area (TPSA) is 18.5 Å². The lowest BCUT2D eigenvalue weighted by atomic mass is 9.88. The van der Waals surface area contributed by atoms with E-state index in [1.807, 2.05) is 0 Å². The van der Waals surface area contributed by atoms with Crippen LogP contribution in [0.3, 0.4) is 0 Å². The van der Waals surface area contributed by atoms with Crippen LogP contribution in [0.1, 0.15) is 27.7 Å². The Labute approximate surface area is 65.2 Å². The fourth-order valence-electron chi connectivity index (χ4n) is 0.284. The van der Waals surface area contributed by atoms with Crippen LogP contribution in [0.5, 0.6) is 0 Å². The lowest BCUT2D eigenvalue weighted by Crippen LogP contribution is -2.48. The Bertz CT molecular complexity index is 98.3. The Hall–Kier alpha value is 0.0499. The molecular weight excluding hydrogens is 126 g/mol. The van der Waals surface area contributed by atoms with Crippen molar-refractivity contribution in [3.63, 3.8) is 0 Å². The minimum Gasteiger partial charge on any atom is -0.440 e. The average Bonchev–Trinajstić information content (AvgIpc) is 1.88. The third-order valence-corrected chi connectivity index (χ3v) is 2.04. The van der Waals surface area contributed by atoms with E-state index in [9.17, 15) is 0 Å². The molecule has 0 N–H and O–H groups in total. The molecule has 0 aromatic rings. The van der Waals surface area contributed by atoms with Gasteiger partial charge in [0.05, 0.1) is 11.2 Å². The minimum atomic E-state index is -0.582. The highest BCUT2D eigenvalue weighted by Crippen LogP contribution is 2.26. The van der Waals surface area contributed by atoms with E-state index in [0.29, 0.717) is 0 Å². The maximum atomic E-state index is 5.03. The monoisotopic (exact) mass is 138 g/mol. The first-order valence-corrected chi connectivity index (χ1v) is 3.13.